The van der Waals surface area contributed by atoms with Crippen LogP contribution in [0, 0.1) is 0 Å². The summed E-state index contributed by atoms with van der Waals surface area (Å²) in [5.41, 5.74) is 0.144. The summed E-state index contributed by atoms with van der Waals surface area (Å²) in [6.07, 6.45) is 2.80. The number of carbonyl (C=O) groups is 1. The van der Waals surface area contributed by atoms with E-state index in [4.69, 9.17) is 9.47 Å². The van der Waals surface area contributed by atoms with Gasteiger partial charge >= 0.3 is 5.97 Å². The monoisotopic (exact) mass is 277 g/mol. The molecule has 20 heavy (non-hydrogen) atoms. The van der Waals surface area contributed by atoms with E-state index in [1.165, 1.54) is 7.11 Å². The summed E-state index contributed by atoms with van der Waals surface area (Å²) in [5.74, 6) is -0.240. The van der Waals surface area contributed by atoms with Crippen molar-refractivity contribution in [3.8, 4) is 0 Å². The molecule has 1 atom stereocenters. The summed E-state index contributed by atoms with van der Waals surface area (Å²) < 4.78 is 10.5. The van der Waals surface area contributed by atoms with Crippen molar-refractivity contribution in [1.82, 2.24) is 5.32 Å². The molecular formula is C16H23NO3. The smallest absolute Gasteiger partial charge is 0.330 e. The Morgan fingerprint density at radius 3 is 2.60 bits per heavy atom. The summed E-state index contributed by atoms with van der Waals surface area (Å²) in [7, 11) is 1.44. The molecule has 0 heterocycles. The molecule has 0 saturated heterocycles. The normalized spacial score (nSPS) is 17.5. The van der Waals surface area contributed by atoms with Crippen LogP contribution in [0.4, 0.5) is 0 Å². The van der Waals surface area contributed by atoms with E-state index < -0.39 is 5.54 Å². The van der Waals surface area contributed by atoms with E-state index in [-0.39, 0.29) is 5.97 Å². The van der Waals surface area contributed by atoms with E-state index in [1.807, 2.05) is 37.3 Å². The van der Waals surface area contributed by atoms with Crippen molar-refractivity contribution in [1.29, 1.82) is 0 Å². The molecule has 2 rings (SSSR count). The molecule has 1 aliphatic carbocycles. The van der Waals surface area contributed by atoms with Gasteiger partial charge in [-0.25, -0.2) is 4.79 Å². The molecule has 4 heteroatoms. The summed E-state index contributed by atoms with van der Waals surface area (Å²) in [4.78, 5) is 12.5. The highest BCUT2D eigenvalue weighted by molar-refractivity contribution is 5.82. The number of ether oxygens (including phenoxy) is 2. The standard InChI is InChI=1S/C16H23NO3/c1-3-20-12-11-16(15(18)19-2,17-14-9-10-14)13-7-5-4-6-8-13/h4-8,14,17H,3,9-12H2,1-2H3. The van der Waals surface area contributed by atoms with E-state index in [1.54, 1.807) is 0 Å². The molecule has 1 unspecified atom stereocenters. The highest BCUT2D eigenvalue weighted by Gasteiger charge is 2.44. The Hall–Kier alpha value is -1.39. The van der Waals surface area contributed by atoms with Crippen molar-refractivity contribution < 1.29 is 14.3 Å². The van der Waals surface area contributed by atoms with Crippen molar-refractivity contribution in [3.63, 3.8) is 0 Å². The molecule has 0 amide bonds. The van der Waals surface area contributed by atoms with Crippen LogP contribution < -0.4 is 5.32 Å². The van der Waals surface area contributed by atoms with Crippen LogP contribution in [0.25, 0.3) is 0 Å². The van der Waals surface area contributed by atoms with E-state index in [2.05, 4.69) is 5.32 Å². The molecule has 0 bridgehead atoms. The van der Waals surface area contributed by atoms with E-state index in [0.29, 0.717) is 25.7 Å². The lowest BCUT2D eigenvalue weighted by Gasteiger charge is -2.33. The molecule has 1 saturated carbocycles. The summed E-state index contributed by atoms with van der Waals surface area (Å²) in [6, 6.07) is 10.2. The average molecular weight is 277 g/mol. The number of methoxy groups -OCH3 is 1. The van der Waals surface area contributed by atoms with Crippen LogP contribution in [0.2, 0.25) is 0 Å². The quantitative estimate of drug-likeness (QED) is 0.585. The third-order valence-corrected chi connectivity index (χ3v) is 3.65. The molecule has 1 aliphatic rings. The van der Waals surface area contributed by atoms with Crippen molar-refractivity contribution in [2.45, 2.75) is 37.8 Å². The molecule has 1 N–H and O–H groups in total. The number of benzene rings is 1. The number of carbonyl (C=O) groups excluding carboxylic acids is 1. The molecule has 0 spiro atoms. The van der Waals surface area contributed by atoms with E-state index in [9.17, 15) is 4.79 Å². The van der Waals surface area contributed by atoms with Gasteiger partial charge in [0.1, 0.15) is 5.54 Å². The van der Waals surface area contributed by atoms with Gasteiger partial charge in [-0.05, 0) is 25.3 Å². The molecule has 0 radical (unpaired) electrons. The number of nitrogens with one attached hydrogen (secondary N) is 1. The predicted octanol–water partition coefficient (Wildman–Crippen LogP) is 2.23. The summed E-state index contributed by atoms with van der Waals surface area (Å²) in [5, 5.41) is 3.48. The first kappa shape index (κ1) is 15.0. The first-order valence-corrected chi connectivity index (χ1v) is 7.22. The van der Waals surface area contributed by atoms with Gasteiger partial charge in [0, 0.05) is 25.7 Å². The van der Waals surface area contributed by atoms with Crippen LogP contribution in [0.15, 0.2) is 30.3 Å². The number of rotatable bonds is 8. The van der Waals surface area contributed by atoms with E-state index in [0.717, 1.165) is 18.4 Å². The predicted molar refractivity (Wildman–Crippen MR) is 77.4 cm³/mol. The van der Waals surface area contributed by atoms with Crippen LogP contribution in [0.3, 0.4) is 0 Å². The third kappa shape index (κ3) is 3.38. The van der Waals surface area contributed by atoms with Crippen LogP contribution in [0.5, 0.6) is 0 Å². The van der Waals surface area contributed by atoms with E-state index >= 15 is 0 Å². The number of hydrogen-bond donors (Lipinski definition) is 1. The Morgan fingerprint density at radius 2 is 2.05 bits per heavy atom. The van der Waals surface area contributed by atoms with Gasteiger partial charge in [0.05, 0.1) is 7.11 Å². The van der Waals surface area contributed by atoms with Crippen molar-refractivity contribution in [2.75, 3.05) is 20.3 Å². The second-order valence-electron chi connectivity index (χ2n) is 5.13. The second kappa shape index (κ2) is 6.86. The van der Waals surface area contributed by atoms with Gasteiger partial charge in [-0.2, -0.15) is 0 Å². The minimum atomic E-state index is -0.799. The molecule has 1 aromatic carbocycles. The van der Waals surface area contributed by atoms with Crippen molar-refractivity contribution in [3.05, 3.63) is 35.9 Å². The molecule has 4 nitrogen and oxygen atoms in total. The van der Waals surface area contributed by atoms with Gasteiger partial charge in [-0.3, -0.25) is 5.32 Å². The Labute approximate surface area is 120 Å². The van der Waals surface area contributed by atoms with Crippen molar-refractivity contribution >= 4 is 5.97 Å². The Bertz CT molecular complexity index is 431. The van der Waals surface area contributed by atoms with Gasteiger partial charge in [-0.1, -0.05) is 30.3 Å². The van der Waals surface area contributed by atoms with Crippen LogP contribution >= 0.6 is 0 Å². The molecule has 0 aromatic heterocycles. The average Bonchev–Trinajstić information content (AvgIpc) is 3.30. The summed E-state index contributed by atoms with van der Waals surface area (Å²) >= 11 is 0. The van der Waals surface area contributed by atoms with Crippen LogP contribution in [0.1, 0.15) is 31.7 Å². The first-order chi connectivity index (χ1) is 9.73. The minimum absolute atomic E-state index is 0.240. The molecule has 0 aliphatic heterocycles. The van der Waals surface area contributed by atoms with Gasteiger partial charge in [0.2, 0.25) is 0 Å². The number of hydrogen-bond acceptors (Lipinski definition) is 4. The van der Waals surface area contributed by atoms with Gasteiger partial charge < -0.3 is 9.47 Å². The Balaban J connectivity index is 2.28. The highest BCUT2D eigenvalue weighted by Crippen LogP contribution is 2.32. The fourth-order valence-electron chi connectivity index (χ4n) is 2.42. The second-order valence-corrected chi connectivity index (χ2v) is 5.13. The van der Waals surface area contributed by atoms with Gasteiger partial charge in [0.15, 0.2) is 0 Å². The highest BCUT2D eigenvalue weighted by atomic mass is 16.5. The largest absolute Gasteiger partial charge is 0.467 e. The maximum absolute atomic E-state index is 12.5. The lowest BCUT2D eigenvalue weighted by Crippen LogP contribution is -2.51. The Morgan fingerprint density at radius 1 is 1.35 bits per heavy atom. The molecule has 1 fully saturated rings. The molecular weight excluding hydrogens is 254 g/mol. The topological polar surface area (TPSA) is 47.6 Å². The lowest BCUT2D eigenvalue weighted by molar-refractivity contribution is -0.150. The fourth-order valence-corrected chi connectivity index (χ4v) is 2.42. The van der Waals surface area contributed by atoms with Crippen molar-refractivity contribution in [2.24, 2.45) is 0 Å². The minimum Gasteiger partial charge on any atom is -0.467 e. The number of esters is 1. The summed E-state index contributed by atoms with van der Waals surface area (Å²) in [6.45, 7) is 3.13. The fraction of sp³-hybridized carbons (Fsp3) is 0.562. The first-order valence-electron chi connectivity index (χ1n) is 7.22. The third-order valence-electron chi connectivity index (χ3n) is 3.65. The molecule has 1 aromatic rings. The SMILES string of the molecule is CCOCCC(NC1CC1)(C(=O)OC)c1ccccc1. The van der Waals surface area contributed by atoms with Gasteiger partial charge in [0.25, 0.3) is 0 Å². The Kier molecular flexibility index (Phi) is 5.15. The lowest BCUT2D eigenvalue weighted by atomic mass is 9.86. The van der Waals surface area contributed by atoms with Crippen LogP contribution in [-0.4, -0.2) is 32.3 Å². The van der Waals surface area contributed by atoms with Crippen LogP contribution in [-0.2, 0) is 19.8 Å². The maximum Gasteiger partial charge on any atom is 0.330 e. The zero-order chi connectivity index (χ0) is 14.4. The zero-order valence-corrected chi connectivity index (χ0v) is 12.2. The van der Waals surface area contributed by atoms with Gasteiger partial charge in [-0.15, -0.1) is 0 Å². The molecule has 110 valence electrons. The maximum atomic E-state index is 12.5. The zero-order valence-electron chi connectivity index (χ0n) is 12.2.